The minimum atomic E-state index is -4.71. The van der Waals surface area contributed by atoms with Crippen LogP contribution >= 0.6 is 0 Å². The Morgan fingerprint density at radius 3 is 2.20 bits per heavy atom. The van der Waals surface area contributed by atoms with E-state index in [4.69, 9.17) is 4.74 Å². The van der Waals surface area contributed by atoms with Gasteiger partial charge in [0.25, 0.3) is 0 Å². The Morgan fingerprint density at radius 2 is 1.70 bits per heavy atom. The number of hydrogen-bond acceptors (Lipinski definition) is 4. The molecule has 0 aromatic heterocycles. The van der Waals surface area contributed by atoms with Crippen LogP contribution in [0.5, 0.6) is 11.5 Å². The third kappa shape index (κ3) is 6.63. The SMILES string of the molecule is CCNCC(C)(O)COc1ccc(OC(F)(F)F)cc1. The zero-order valence-electron chi connectivity index (χ0n) is 11.3. The normalized spacial score (nSPS) is 14.7. The lowest BCUT2D eigenvalue weighted by atomic mass is 10.1. The number of rotatable bonds is 7. The third-order valence-electron chi connectivity index (χ3n) is 2.36. The fourth-order valence-electron chi connectivity index (χ4n) is 1.42. The van der Waals surface area contributed by atoms with Crippen molar-refractivity contribution in [1.82, 2.24) is 5.32 Å². The van der Waals surface area contributed by atoms with Crippen LogP contribution in [0.3, 0.4) is 0 Å². The largest absolute Gasteiger partial charge is 0.573 e. The molecule has 1 rings (SSSR count). The molecular formula is C13H18F3NO3. The molecule has 0 aliphatic heterocycles. The first kappa shape index (κ1) is 16.6. The fourth-order valence-corrected chi connectivity index (χ4v) is 1.42. The van der Waals surface area contributed by atoms with Gasteiger partial charge in [-0.15, -0.1) is 13.2 Å². The van der Waals surface area contributed by atoms with E-state index in [0.29, 0.717) is 12.3 Å². The molecule has 0 saturated heterocycles. The minimum Gasteiger partial charge on any atom is -0.491 e. The van der Waals surface area contributed by atoms with Gasteiger partial charge in [-0.1, -0.05) is 6.92 Å². The van der Waals surface area contributed by atoms with Crippen molar-refractivity contribution in [3.8, 4) is 11.5 Å². The summed E-state index contributed by atoms with van der Waals surface area (Å²) in [5, 5.41) is 12.9. The van der Waals surface area contributed by atoms with Gasteiger partial charge in [0.2, 0.25) is 0 Å². The van der Waals surface area contributed by atoms with Gasteiger partial charge in [0, 0.05) is 6.54 Å². The Bertz CT molecular complexity index is 404. The van der Waals surface area contributed by atoms with Crippen LogP contribution in [0, 0.1) is 0 Å². The smallest absolute Gasteiger partial charge is 0.491 e. The molecular weight excluding hydrogens is 275 g/mol. The highest BCUT2D eigenvalue weighted by atomic mass is 19.4. The van der Waals surface area contributed by atoms with E-state index < -0.39 is 12.0 Å². The molecule has 1 atom stereocenters. The standard InChI is InChI=1S/C13H18F3NO3/c1-3-17-8-12(2,18)9-19-10-4-6-11(7-5-10)20-13(14,15)16/h4-7,17-18H,3,8-9H2,1-2H3. The van der Waals surface area contributed by atoms with E-state index in [-0.39, 0.29) is 12.4 Å². The highest BCUT2D eigenvalue weighted by Crippen LogP contribution is 2.24. The van der Waals surface area contributed by atoms with Crippen molar-refractivity contribution in [1.29, 1.82) is 0 Å². The van der Waals surface area contributed by atoms with Gasteiger partial charge < -0.3 is 19.9 Å². The first-order valence-electron chi connectivity index (χ1n) is 6.13. The van der Waals surface area contributed by atoms with Crippen LogP contribution in [0.1, 0.15) is 13.8 Å². The molecule has 0 fully saturated rings. The van der Waals surface area contributed by atoms with E-state index in [1.165, 1.54) is 12.1 Å². The number of ether oxygens (including phenoxy) is 2. The van der Waals surface area contributed by atoms with Crippen molar-refractivity contribution >= 4 is 0 Å². The maximum atomic E-state index is 12.0. The molecule has 1 aromatic carbocycles. The Balaban J connectivity index is 2.49. The average Bonchev–Trinajstić information content (AvgIpc) is 2.34. The molecule has 1 aromatic rings. The first-order chi connectivity index (χ1) is 9.22. The van der Waals surface area contributed by atoms with Crippen LogP contribution in [-0.2, 0) is 0 Å². The lowest BCUT2D eigenvalue weighted by Gasteiger charge is -2.23. The van der Waals surface area contributed by atoms with Crippen LogP contribution in [0.15, 0.2) is 24.3 Å². The van der Waals surface area contributed by atoms with Crippen molar-refractivity contribution in [2.45, 2.75) is 25.8 Å². The molecule has 114 valence electrons. The molecule has 0 amide bonds. The Labute approximate surface area is 115 Å². The van der Waals surface area contributed by atoms with Crippen molar-refractivity contribution < 1.29 is 27.8 Å². The van der Waals surface area contributed by atoms with Gasteiger partial charge in [-0.25, -0.2) is 0 Å². The minimum absolute atomic E-state index is 0.0273. The number of benzene rings is 1. The van der Waals surface area contributed by atoms with Gasteiger partial charge >= 0.3 is 6.36 Å². The van der Waals surface area contributed by atoms with E-state index in [0.717, 1.165) is 18.7 Å². The Hall–Kier alpha value is -1.47. The van der Waals surface area contributed by atoms with Crippen LogP contribution in [0.4, 0.5) is 13.2 Å². The molecule has 20 heavy (non-hydrogen) atoms. The summed E-state index contributed by atoms with van der Waals surface area (Å²) in [5.41, 5.74) is -1.06. The van der Waals surface area contributed by atoms with E-state index in [1.54, 1.807) is 6.92 Å². The predicted octanol–water partition coefficient (Wildman–Crippen LogP) is 2.32. The van der Waals surface area contributed by atoms with E-state index in [2.05, 4.69) is 10.1 Å². The molecule has 7 heteroatoms. The lowest BCUT2D eigenvalue weighted by Crippen LogP contribution is -2.42. The van der Waals surface area contributed by atoms with Crippen LogP contribution < -0.4 is 14.8 Å². The maximum Gasteiger partial charge on any atom is 0.573 e. The maximum absolute atomic E-state index is 12.0. The fraction of sp³-hybridized carbons (Fsp3) is 0.538. The number of alkyl halides is 3. The molecule has 0 aliphatic carbocycles. The predicted molar refractivity (Wildman–Crippen MR) is 67.8 cm³/mol. The molecule has 0 radical (unpaired) electrons. The van der Waals surface area contributed by atoms with E-state index >= 15 is 0 Å². The van der Waals surface area contributed by atoms with Crippen molar-refractivity contribution in [3.63, 3.8) is 0 Å². The second-order valence-electron chi connectivity index (χ2n) is 4.59. The van der Waals surface area contributed by atoms with Crippen LogP contribution in [0.2, 0.25) is 0 Å². The highest BCUT2D eigenvalue weighted by Gasteiger charge is 2.31. The van der Waals surface area contributed by atoms with Gasteiger partial charge in [0.1, 0.15) is 23.7 Å². The Kier molecular flexibility index (Phi) is 5.64. The van der Waals surface area contributed by atoms with Gasteiger partial charge in [0.05, 0.1) is 0 Å². The topological polar surface area (TPSA) is 50.7 Å². The van der Waals surface area contributed by atoms with E-state index in [9.17, 15) is 18.3 Å². The molecule has 0 spiro atoms. The summed E-state index contributed by atoms with van der Waals surface area (Å²) in [6.45, 7) is 4.63. The van der Waals surface area contributed by atoms with Crippen molar-refractivity contribution in [3.05, 3.63) is 24.3 Å². The zero-order valence-corrected chi connectivity index (χ0v) is 11.3. The van der Waals surface area contributed by atoms with Crippen molar-refractivity contribution in [2.75, 3.05) is 19.7 Å². The molecule has 1 unspecified atom stereocenters. The monoisotopic (exact) mass is 293 g/mol. The van der Waals surface area contributed by atoms with Crippen LogP contribution in [0.25, 0.3) is 0 Å². The molecule has 0 saturated carbocycles. The second kappa shape index (κ2) is 6.81. The number of halogens is 3. The summed E-state index contributed by atoms with van der Waals surface area (Å²) in [4.78, 5) is 0. The average molecular weight is 293 g/mol. The molecule has 0 heterocycles. The first-order valence-corrected chi connectivity index (χ1v) is 6.13. The quantitative estimate of drug-likeness (QED) is 0.810. The molecule has 0 bridgehead atoms. The zero-order chi connectivity index (χ0) is 15.2. The Morgan fingerprint density at radius 1 is 1.15 bits per heavy atom. The number of hydrogen-bond donors (Lipinski definition) is 2. The van der Waals surface area contributed by atoms with E-state index in [1.807, 2.05) is 6.92 Å². The molecule has 0 aliphatic rings. The van der Waals surface area contributed by atoms with Gasteiger partial charge in [-0.05, 0) is 37.7 Å². The highest BCUT2D eigenvalue weighted by molar-refractivity contribution is 5.31. The number of likely N-dealkylation sites (N-methyl/N-ethyl adjacent to an activating group) is 1. The molecule has 4 nitrogen and oxygen atoms in total. The third-order valence-corrected chi connectivity index (χ3v) is 2.36. The summed E-state index contributed by atoms with van der Waals surface area (Å²) in [7, 11) is 0. The number of nitrogens with one attached hydrogen (secondary N) is 1. The number of aliphatic hydroxyl groups is 1. The summed E-state index contributed by atoms with van der Waals surface area (Å²) in [6.07, 6.45) is -4.71. The summed E-state index contributed by atoms with van der Waals surface area (Å²) >= 11 is 0. The lowest BCUT2D eigenvalue weighted by molar-refractivity contribution is -0.274. The summed E-state index contributed by atoms with van der Waals surface area (Å²) < 4.78 is 45.0. The van der Waals surface area contributed by atoms with Crippen molar-refractivity contribution in [2.24, 2.45) is 0 Å². The van der Waals surface area contributed by atoms with Gasteiger partial charge in [-0.2, -0.15) is 0 Å². The summed E-state index contributed by atoms with van der Waals surface area (Å²) in [6, 6.07) is 5.01. The van der Waals surface area contributed by atoms with Crippen LogP contribution in [-0.4, -0.2) is 36.8 Å². The summed E-state index contributed by atoms with van der Waals surface area (Å²) in [5.74, 6) is 0.0422. The molecule has 2 N–H and O–H groups in total. The second-order valence-corrected chi connectivity index (χ2v) is 4.59. The van der Waals surface area contributed by atoms with Gasteiger partial charge in [-0.3, -0.25) is 0 Å². The van der Waals surface area contributed by atoms with Gasteiger partial charge in [0.15, 0.2) is 0 Å².